The molecule has 0 spiro atoms. The Bertz CT molecular complexity index is 931. The summed E-state index contributed by atoms with van der Waals surface area (Å²) in [4.78, 5) is 30.0. The van der Waals surface area contributed by atoms with Gasteiger partial charge in [0.2, 0.25) is 0 Å². The maximum Gasteiger partial charge on any atom is 0.278 e. The molecule has 4 nitrogen and oxygen atoms in total. The Kier molecular flexibility index (Phi) is 6.53. The van der Waals surface area contributed by atoms with Gasteiger partial charge in [0.15, 0.2) is 0 Å². The molecule has 29 heavy (non-hydrogen) atoms. The number of nitrogens with zero attached hydrogens (tertiary/aromatic N) is 2. The highest BCUT2D eigenvalue weighted by atomic mass is 16.2. The zero-order valence-corrected chi connectivity index (χ0v) is 17.9. The molecule has 0 aliphatic carbocycles. The lowest BCUT2D eigenvalue weighted by Crippen LogP contribution is -2.35. The molecule has 0 N–H and O–H groups in total. The van der Waals surface area contributed by atoms with Gasteiger partial charge >= 0.3 is 0 Å². The second-order valence-electron chi connectivity index (χ2n) is 7.76. The van der Waals surface area contributed by atoms with Gasteiger partial charge in [-0.3, -0.25) is 14.5 Å². The fourth-order valence-electron chi connectivity index (χ4n) is 3.89. The number of unbranched alkanes of at least 4 members (excludes halogenated alkanes) is 3. The summed E-state index contributed by atoms with van der Waals surface area (Å²) in [5.41, 5.74) is 4.84. The van der Waals surface area contributed by atoms with Crippen LogP contribution in [0, 0.1) is 13.8 Å². The molecule has 2 aromatic carbocycles. The normalized spacial score (nSPS) is 14.1. The molecule has 1 aliphatic heterocycles. The van der Waals surface area contributed by atoms with Crippen LogP contribution in [-0.4, -0.2) is 30.3 Å². The summed E-state index contributed by atoms with van der Waals surface area (Å²) in [6, 6.07) is 15.7. The van der Waals surface area contributed by atoms with Gasteiger partial charge in [0.25, 0.3) is 11.8 Å². The number of likely N-dealkylation sites (N-methyl/N-ethyl adjacent to an activating group) is 1. The third-order valence-electron chi connectivity index (χ3n) is 5.51. The minimum absolute atomic E-state index is 0.184. The van der Waals surface area contributed by atoms with Crippen LogP contribution in [0.4, 0.5) is 5.69 Å². The van der Waals surface area contributed by atoms with Crippen LogP contribution in [0.2, 0.25) is 0 Å². The van der Waals surface area contributed by atoms with E-state index >= 15 is 0 Å². The largest absolute Gasteiger partial charge is 0.339 e. The van der Waals surface area contributed by atoms with Crippen LogP contribution in [-0.2, 0) is 9.59 Å². The first kappa shape index (κ1) is 20.8. The lowest BCUT2D eigenvalue weighted by molar-refractivity contribution is -0.136. The molecule has 3 rings (SSSR count). The van der Waals surface area contributed by atoms with E-state index in [1.54, 1.807) is 0 Å². The van der Waals surface area contributed by atoms with Gasteiger partial charge < -0.3 is 4.90 Å². The number of carbonyl (C=O) groups is 2. The van der Waals surface area contributed by atoms with E-state index in [-0.39, 0.29) is 11.8 Å². The Hall–Kier alpha value is -2.88. The van der Waals surface area contributed by atoms with Gasteiger partial charge in [0.05, 0.1) is 5.57 Å². The van der Waals surface area contributed by atoms with E-state index in [9.17, 15) is 9.59 Å². The molecule has 2 amide bonds. The number of hydrogen-bond donors (Lipinski definition) is 0. The Morgan fingerprint density at radius 2 is 1.62 bits per heavy atom. The quantitative estimate of drug-likeness (QED) is 0.465. The predicted octanol–water partition coefficient (Wildman–Crippen LogP) is 5.10. The van der Waals surface area contributed by atoms with Crippen LogP contribution in [0.3, 0.4) is 0 Å². The summed E-state index contributed by atoms with van der Waals surface area (Å²) in [6.45, 7) is 6.65. The molecular formula is C25H30N2O2. The molecule has 0 unspecified atom stereocenters. The molecule has 2 aromatic rings. The molecule has 0 radical (unpaired) electrons. The SMILES string of the molecule is CCCCCCN1C(=O)C(c2ccc(C)cc2C)=C(N(C)c2ccccc2)C1=O. The van der Waals surface area contributed by atoms with Crippen molar-refractivity contribution < 1.29 is 9.59 Å². The smallest absolute Gasteiger partial charge is 0.278 e. The van der Waals surface area contributed by atoms with Crippen molar-refractivity contribution in [3.63, 3.8) is 0 Å². The van der Waals surface area contributed by atoms with Gasteiger partial charge in [0, 0.05) is 19.3 Å². The number of para-hydroxylation sites is 1. The van der Waals surface area contributed by atoms with Crippen LogP contribution in [0.25, 0.3) is 5.57 Å². The Balaban J connectivity index is 2.04. The molecule has 152 valence electrons. The molecule has 0 atom stereocenters. The van der Waals surface area contributed by atoms with Gasteiger partial charge in [0.1, 0.15) is 5.70 Å². The Labute approximate surface area is 173 Å². The van der Waals surface area contributed by atoms with Crippen LogP contribution < -0.4 is 4.90 Å². The molecule has 0 aromatic heterocycles. The summed E-state index contributed by atoms with van der Waals surface area (Å²) >= 11 is 0. The maximum absolute atomic E-state index is 13.4. The molecule has 0 bridgehead atoms. The summed E-state index contributed by atoms with van der Waals surface area (Å²) in [5.74, 6) is -0.385. The summed E-state index contributed by atoms with van der Waals surface area (Å²) in [5, 5.41) is 0. The van der Waals surface area contributed by atoms with Crippen LogP contribution in [0.5, 0.6) is 0 Å². The van der Waals surface area contributed by atoms with E-state index in [4.69, 9.17) is 0 Å². The minimum atomic E-state index is -0.201. The number of aryl methyl sites for hydroxylation is 2. The number of benzene rings is 2. The maximum atomic E-state index is 13.4. The molecular weight excluding hydrogens is 360 g/mol. The summed E-state index contributed by atoms with van der Waals surface area (Å²) in [6.07, 6.45) is 4.10. The second kappa shape index (κ2) is 9.08. The monoisotopic (exact) mass is 390 g/mol. The van der Waals surface area contributed by atoms with Gasteiger partial charge in [-0.1, -0.05) is 68.1 Å². The second-order valence-corrected chi connectivity index (χ2v) is 7.76. The minimum Gasteiger partial charge on any atom is -0.339 e. The van der Waals surface area contributed by atoms with Crippen LogP contribution >= 0.6 is 0 Å². The number of hydrogen-bond acceptors (Lipinski definition) is 3. The highest BCUT2D eigenvalue weighted by Gasteiger charge is 2.41. The van der Waals surface area contributed by atoms with Crippen molar-refractivity contribution in [3.8, 4) is 0 Å². The molecule has 0 saturated carbocycles. The molecule has 4 heteroatoms. The third-order valence-corrected chi connectivity index (χ3v) is 5.51. The number of imide groups is 1. The zero-order valence-electron chi connectivity index (χ0n) is 17.9. The highest BCUT2D eigenvalue weighted by Crippen LogP contribution is 2.35. The fourth-order valence-corrected chi connectivity index (χ4v) is 3.89. The lowest BCUT2D eigenvalue weighted by atomic mass is 9.97. The molecule has 1 aliphatic rings. The van der Waals surface area contributed by atoms with Gasteiger partial charge in [-0.25, -0.2) is 0 Å². The van der Waals surface area contributed by atoms with Crippen LogP contribution in [0.1, 0.15) is 49.3 Å². The summed E-state index contributed by atoms with van der Waals surface area (Å²) in [7, 11) is 1.86. The van der Waals surface area contributed by atoms with E-state index < -0.39 is 0 Å². The first-order valence-corrected chi connectivity index (χ1v) is 10.4. The predicted molar refractivity (Wildman–Crippen MR) is 119 cm³/mol. The standard InChI is InChI=1S/C25H30N2O2/c1-5-6-7-11-16-27-24(28)22(21-15-14-18(2)17-19(21)3)23(25(27)29)26(4)20-12-9-8-10-13-20/h8-10,12-15,17H,5-7,11,16H2,1-4H3. The van der Waals surface area contributed by atoms with Crippen molar-refractivity contribution in [1.29, 1.82) is 0 Å². The van der Waals surface area contributed by atoms with E-state index in [2.05, 4.69) is 13.0 Å². The Morgan fingerprint density at radius 3 is 2.28 bits per heavy atom. The van der Waals surface area contributed by atoms with E-state index in [0.29, 0.717) is 17.8 Å². The average Bonchev–Trinajstić information content (AvgIpc) is 2.95. The average molecular weight is 391 g/mol. The van der Waals surface area contributed by atoms with Crippen molar-refractivity contribution in [2.45, 2.75) is 46.5 Å². The first-order chi connectivity index (χ1) is 14.0. The number of carbonyl (C=O) groups excluding carboxylic acids is 2. The summed E-state index contributed by atoms with van der Waals surface area (Å²) < 4.78 is 0. The van der Waals surface area contributed by atoms with E-state index in [1.165, 1.54) is 4.90 Å². The van der Waals surface area contributed by atoms with Crippen molar-refractivity contribution in [1.82, 2.24) is 4.90 Å². The van der Waals surface area contributed by atoms with E-state index in [0.717, 1.165) is 48.1 Å². The number of anilines is 1. The van der Waals surface area contributed by atoms with Crippen molar-refractivity contribution >= 4 is 23.1 Å². The van der Waals surface area contributed by atoms with Gasteiger partial charge in [-0.15, -0.1) is 0 Å². The fraction of sp³-hybridized carbons (Fsp3) is 0.360. The lowest BCUT2D eigenvalue weighted by Gasteiger charge is -2.21. The third kappa shape index (κ3) is 4.26. The van der Waals surface area contributed by atoms with E-state index in [1.807, 2.05) is 68.3 Å². The number of amides is 2. The van der Waals surface area contributed by atoms with Crippen LogP contribution in [0.15, 0.2) is 54.2 Å². The van der Waals surface area contributed by atoms with Gasteiger partial charge in [-0.2, -0.15) is 0 Å². The number of rotatable bonds is 8. The van der Waals surface area contributed by atoms with Crippen molar-refractivity contribution in [3.05, 3.63) is 70.9 Å². The van der Waals surface area contributed by atoms with Gasteiger partial charge in [-0.05, 0) is 43.5 Å². The van der Waals surface area contributed by atoms with Crippen molar-refractivity contribution in [2.75, 3.05) is 18.5 Å². The molecule has 0 saturated heterocycles. The molecule has 1 heterocycles. The first-order valence-electron chi connectivity index (χ1n) is 10.4. The zero-order chi connectivity index (χ0) is 21.0. The molecule has 0 fully saturated rings. The topological polar surface area (TPSA) is 40.6 Å². The Morgan fingerprint density at radius 1 is 0.897 bits per heavy atom. The van der Waals surface area contributed by atoms with Crippen molar-refractivity contribution in [2.24, 2.45) is 0 Å². The highest BCUT2D eigenvalue weighted by molar-refractivity contribution is 6.36.